The van der Waals surface area contributed by atoms with Gasteiger partial charge in [0.25, 0.3) is 0 Å². The maximum absolute atomic E-state index is 12.2. The zero-order chi connectivity index (χ0) is 22.2. The first-order valence-electron chi connectivity index (χ1n) is 11.2. The second-order valence-electron chi connectivity index (χ2n) is 8.03. The summed E-state index contributed by atoms with van der Waals surface area (Å²) in [6.07, 6.45) is 4.35. The van der Waals surface area contributed by atoms with E-state index >= 15 is 0 Å². The van der Waals surface area contributed by atoms with Crippen molar-refractivity contribution in [2.24, 2.45) is 0 Å². The van der Waals surface area contributed by atoms with Gasteiger partial charge in [0.15, 0.2) is 0 Å². The molecular weight excluding hydrogens is 402 g/mol. The van der Waals surface area contributed by atoms with Gasteiger partial charge in [-0.25, -0.2) is 4.79 Å². The number of rotatable bonds is 9. The molecule has 4 rings (SSSR count). The lowest BCUT2D eigenvalue weighted by molar-refractivity contribution is -0.144. The van der Waals surface area contributed by atoms with Crippen molar-refractivity contribution in [2.45, 2.75) is 12.5 Å². The van der Waals surface area contributed by atoms with Gasteiger partial charge >= 0.3 is 5.97 Å². The minimum atomic E-state index is -0.365. The molecule has 1 aliphatic heterocycles. The molecule has 3 aromatic rings. The summed E-state index contributed by atoms with van der Waals surface area (Å²) < 4.78 is 12.8. The number of para-hydroxylation sites is 1. The van der Waals surface area contributed by atoms with Gasteiger partial charge in [0.2, 0.25) is 0 Å². The molecule has 0 N–H and O–H groups in total. The number of anilines is 1. The van der Waals surface area contributed by atoms with E-state index in [9.17, 15) is 4.79 Å². The molecule has 0 bridgehead atoms. The van der Waals surface area contributed by atoms with E-state index in [-0.39, 0.29) is 12.0 Å². The Bertz CT molecular complexity index is 950. The lowest BCUT2D eigenvalue weighted by Crippen LogP contribution is -2.47. The monoisotopic (exact) mass is 433 g/mol. The summed E-state index contributed by atoms with van der Waals surface area (Å²) in [5.74, 6) is 0.612. The second-order valence-corrected chi connectivity index (χ2v) is 8.03. The molecule has 0 saturated carbocycles. The van der Waals surface area contributed by atoms with E-state index in [1.807, 2.05) is 53.4 Å². The molecule has 1 saturated heterocycles. The highest BCUT2D eigenvalue weighted by molar-refractivity contribution is 5.74. The number of methoxy groups -OCH3 is 1. The van der Waals surface area contributed by atoms with Gasteiger partial charge in [0.1, 0.15) is 18.4 Å². The number of hydrogen-bond acceptors (Lipinski definition) is 5. The van der Waals surface area contributed by atoms with Crippen LogP contribution in [0.3, 0.4) is 0 Å². The number of esters is 1. The summed E-state index contributed by atoms with van der Waals surface area (Å²) in [5, 5.41) is 0. The Hall–Kier alpha value is -3.25. The van der Waals surface area contributed by atoms with Crippen LogP contribution in [0.5, 0.6) is 5.75 Å². The Balaban J connectivity index is 1.22. The average Bonchev–Trinajstić information content (AvgIpc) is 3.39. The van der Waals surface area contributed by atoms with E-state index in [2.05, 4.69) is 40.1 Å². The predicted octanol–water partition coefficient (Wildman–Crippen LogP) is 3.65. The number of carbonyl (C=O) groups is 1. The van der Waals surface area contributed by atoms with Crippen LogP contribution < -0.4 is 9.64 Å². The molecule has 0 unspecified atom stereocenters. The average molecular weight is 434 g/mol. The highest BCUT2D eigenvalue weighted by Crippen LogP contribution is 2.20. The summed E-state index contributed by atoms with van der Waals surface area (Å²) in [6.45, 7) is 5.77. The van der Waals surface area contributed by atoms with Gasteiger partial charge in [-0.1, -0.05) is 30.3 Å². The quantitative estimate of drug-likeness (QED) is 0.482. The van der Waals surface area contributed by atoms with Gasteiger partial charge in [-0.15, -0.1) is 0 Å². The van der Waals surface area contributed by atoms with Gasteiger partial charge in [-0.2, -0.15) is 0 Å². The molecule has 168 valence electrons. The molecule has 0 aliphatic carbocycles. The van der Waals surface area contributed by atoms with Crippen molar-refractivity contribution in [1.82, 2.24) is 9.47 Å². The molecule has 0 radical (unpaired) electrons. The third-order valence-electron chi connectivity index (χ3n) is 5.98. The first kappa shape index (κ1) is 22.0. The maximum Gasteiger partial charge on any atom is 0.329 e. The zero-order valence-electron chi connectivity index (χ0n) is 18.6. The van der Waals surface area contributed by atoms with E-state index in [0.29, 0.717) is 13.0 Å². The van der Waals surface area contributed by atoms with Crippen molar-refractivity contribution in [3.05, 3.63) is 84.7 Å². The molecule has 2 heterocycles. The van der Waals surface area contributed by atoms with Crippen LogP contribution in [-0.2, 0) is 16.0 Å². The topological polar surface area (TPSA) is 46.9 Å². The fraction of sp³-hybridized carbons (Fsp3) is 0.346. The number of carbonyl (C=O) groups excluding carboxylic acids is 1. The normalized spacial score (nSPS) is 15.3. The lowest BCUT2D eigenvalue weighted by atomic mass is 10.1. The number of hydrogen-bond donors (Lipinski definition) is 0. The first-order chi connectivity index (χ1) is 15.7. The minimum absolute atomic E-state index is 0.242. The fourth-order valence-electron chi connectivity index (χ4n) is 4.11. The molecule has 0 spiro atoms. The number of nitrogens with zero attached hydrogens (tertiary/aromatic N) is 3. The van der Waals surface area contributed by atoms with Gasteiger partial charge < -0.3 is 18.9 Å². The Kier molecular flexibility index (Phi) is 7.46. The maximum atomic E-state index is 12.2. The van der Waals surface area contributed by atoms with E-state index in [0.717, 1.165) is 44.0 Å². The molecule has 6 nitrogen and oxygen atoms in total. The molecule has 2 aromatic carbocycles. The van der Waals surface area contributed by atoms with Crippen molar-refractivity contribution in [3.8, 4) is 5.75 Å². The highest BCUT2D eigenvalue weighted by Gasteiger charge is 2.21. The molecule has 0 amide bonds. The van der Waals surface area contributed by atoms with E-state index in [4.69, 9.17) is 9.47 Å². The van der Waals surface area contributed by atoms with Gasteiger partial charge in [0, 0.05) is 57.2 Å². The van der Waals surface area contributed by atoms with Gasteiger partial charge in [0.05, 0.1) is 7.11 Å². The van der Waals surface area contributed by atoms with Crippen LogP contribution in [0.15, 0.2) is 79.1 Å². The summed E-state index contributed by atoms with van der Waals surface area (Å²) in [5.41, 5.74) is 2.37. The number of benzene rings is 2. The van der Waals surface area contributed by atoms with E-state index in [1.165, 1.54) is 12.8 Å². The first-order valence-corrected chi connectivity index (χ1v) is 11.2. The minimum Gasteiger partial charge on any atom is -0.492 e. The smallest absolute Gasteiger partial charge is 0.329 e. The standard InChI is InChI=1S/C26H31N3O3/c1-31-26(30)25(29-13-5-6-14-29)21-22-9-11-24(12-10-22)32-20-19-27-15-17-28(18-16-27)23-7-3-2-4-8-23/h2-14,25H,15-21H2,1H3/t25-/m0/s1. The summed E-state index contributed by atoms with van der Waals surface area (Å²) >= 11 is 0. The highest BCUT2D eigenvalue weighted by atomic mass is 16.5. The Morgan fingerprint density at radius 2 is 1.59 bits per heavy atom. The zero-order valence-corrected chi connectivity index (χ0v) is 18.6. The van der Waals surface area contributed by atoms with Crippen molar-refractivity contribution in [2.75, 3.05) is 51.3 Å². The molecule has 1 atom stereocenters. The van der Waals surface area contributed by atoms with Crippen LogP contribution in [0.4, 0.5) is 5.69 Å². The van der Waals surface area contributed by atoms with Crippen molar-refractivity contribution in [1.29, 1.82) is 0 Å². The predicted molar refractivity (Wildman–Crippen MR) is 126 cm³/mol. The Morgan fingerprint density at radius 3 is 2.25 bits per heavy atom. The summed E-state index contributed by atoms with van der Waals surface area (Å²) in [4.78, 5) is 17.1. The Labute approximate surface area is 190 Å². The molecule has 32 heavy (non-hydrogen) atoms. The van der Waals surface area contributed by atoms with Crippen LogP contribution in [0.25, 0.3) is 0 Å². The molecule has 6 heteroatoms. The molecule has 1 aromatic heterocycles. The fourth-order valence-corrected chi connectivity index (χ4v) is 4.11. The SMILES string of the molecule is COC(=O)[C@H](Cc1ccc(OCCN2CCN(c3ccccc3)CC2)cc1)n1cccc1. The van der Waals surface area contributed by atoms with Gasteiger partial charge in [-0.05, 0) is 42.0 Å². The van der Waals surface area contributed by atoms with Crippen LogP contribution in [0.2, 0.25) is 0 Å². The van der Waals surface area contributed by atoms with Crippen molar-refractivity contribution >= 4 is 11.7 Å². The largest absolute Gasteiger partial charge is 0.492 e. The third kappa shape index (κ3) is 5.71. The lowest BCUT2D eigenvalue weighted by Gasteiger charge is -2.36. The van der Waals surface area contributed by atoms with Crippen LogP contribution in [0, 0.1) is 0 Å². The van der Waals surface area contributed by atoms with Crippen molar-refractivity contribution < 1.29 is 14.3 Å². The van der Waals surface area contributed by atoms with Crippen molar-refractivity contribution in [3.63, 3.8) is 0 Å². The molecule has 1 aliphatic rings. The summed E-state index contributed by atoms with van der Waals surface area (Å²) in [6, 6.07) is 22.1. The number of piperazine rings is 1. The molecular formula is C26H31N3O3. The second kappa shape index (κ2) is 10.9. The van der Waals surface area contributed by atoms with E-state index in [1.54, 1.807) is 0 Å². The molecule has 1 fully saturated rings. The van der Waals surface area contributed by atoms with Gasteiger partial charge in [-0.3, -0.25) is 4.90 Å². The Morgan fingerprint density at radius 1 is 0.906 bits per heavy atom. The van der Waals surface area contributed by atoms with Crippen LogP contribution in [-0.4, -0.2) is 61.9 Å². The van der Waals surface area contributed by atoms with E-state index < -0.39 is 0 Å². The summed E-state index contributed by atoms with van der Waals surface area (Å²) in [7, 11) is 1.43. The number of aromatic nitrogens is 1. The van der Waals surface area contributed by atoms with Crippen LogP contribution in [0.1, 0.15) is 11.6 Å². The number of ether oxygens (including phenoxy) is 2. The van der Waals surface area contributed by atoms with Crippen LogP contribution >= 0.6 is 0 Å². The third-order valence-corrected chi connectivity index (χ3v) is 5.98.